The maximum Gasteiger partial charge on any atom is 0.0631 e. The standard InChI is InChI=1S/C12H10BrNS/c1-9-6-7-15-12(9)8-14-11-4-2-10(13)3-5-11/h2-8H,1H3. The average Bonchev–Trinajstić information content (AvgIpc) is 2.63. The zero-order valence-corrected chi connectivity index (χ0v) is 10.7. The second-order valence-electron chi connectivity index (χ2n) is 3.20. The van der Waals surface area contributed by atoms with E-state index in [-0.39, 0.29) is 0 Å². The molecule has 1 heterocycles. The van der Waals surface area contributed by atoms with Gasteiger partial charge in [0.15, 0.2) is 0 Å². The van der Waals surface area contributed by atoms with Crippen LogP contribution in [0.25, 0.3) is 0 Å². The Hall–Kier alpha value is -0.930. The lowest BCUT2D eigenvalue weighted by molar-refractivity contribution is 1.50. The Bertz CT molecular complexity index is 471. The van der Waals surface area contributed by atoms with Gasteiger partial charge in [0.25, 0.3) is 0 Å². The van der Waals surface area contributed by atoms with Gasteiger partial charge in [-0.05, 0) is 48.2 Å². The molecular formula is C12H10BrNS. The number of hydrogen-bond donors (Lipinski definition) is 0. The highest BCUT2D eigenvalue weighted by Gasteiger charge is 1.95. The summed E-state index contributed by atoms with van der Waals surface area (Å²) in [5, 5.41) is 2.08. The molecule has 2 aromatic rings. The van der Waals surface area contributed by atoms with Gasteiger partial charge in [-0.3, -0.25) is 4.99 Å². The van der Waals surface area contributed by atoms with Crippen molar-refractivity contribution in [2.45, 2.75) is 6.92 Å². The van der Waals surface area contributed by atoms with Gasteiger partial charge in [0.1, 0.15) is 0 Å². The van der Waals surface area contributed by atoms with Crippen molar-refractivity contribution in [3.8, 4) is 0 Å². The third-order valence-electron chi connectivity index (χ3n) is 2.06. The van der Waals surface area contributed by atoms with Crippen LogP contribution in [0.2, 0.25) is 0 Å². The van der Waals surface area contributed by atoms with Crippen LogP contribution in [0.4, 0.5) is 5.69 Å². The Morgan fingerprint density at radius 2 is 1.93 bits per heavy atom. The molecule has 1 nitrogen and oxygen atoms in total. The minimum Gasteiger partial charge on any atom is -0.255 e. The molecule has 76 valence electrons. The minimum absolute atomic E-state index is 0.978. The van der Waals surface area contributed by atoms with Gasteiger partial charge < -0.3 is 0 Å². The number of benzene rings is 1. The maximum absolute atomic E-state index is 4.42. The van der Waals surface area contributed by atoms with Gasteiger partial charge in [-0.1, -0.05) is 15.9 Å². The summed E-state index contributed by atoms with van der Waals surface area (Å²) in [6, 6.07) is 10.1. The van der Waals surface area contributed by atoms with Crippen LogP contribution in [0, 0.1) is 6.92 Å². The van der Waals surface area contributed by atoms with Crippen LogP contribution >= 0.6 is 27.3 Å². The Labute approximate surface area is 102 Å². The van der Waals surface area contributed by atoms with Crippen molar-refractivity contribution in [1.82, 2.24) is 0 Å². The summed E-state index contributed by atoms with van der Waals surface area (Å²) in [5.41, 5.74) is 2.26. The first-order chi connectivity index (χ1) is 7.25. The topological polar surface area (TPSA) is 12.4 Å². The molecule has 1 aromatic carbocycles. The fraction of sp³-hybridized carbons (Fsp3) is 0.0833. The van der Waals surface area contributed by atoms with E-state index in [4.69, 9.17) is 0 Å². The van der Waals surface area contributed by atoms with Crippen molar-refractivity contribution in [3.63, 3.8) is 0 Å². The quantitative estimate of drug-likeness (QED) is 0.714. The highest BCUT2D eigenvalue weighted by atomic mass is 79.9. The van der Waals surface area contributed by atoms with E-state index in [0.717, 1.165) is 10.2 Å². The Balaban J connectivity index is 2.19. The van der Waals surface area contributed by atoms with Crippen molar-refractivity contribution in [1.29, 1.82) is 0 Å². The fourth-order valence-electron chi connectivity index (χ4n) is 1.18. The van der Waals surface area contributed by atoms with Gasteiger partial charge in [0.05, 0.1) is 5.69 Å². The van der Waals surface area contributed by atoms with E-state index in [0.29, 0.717) is 0 Å². The van der Waals surface area contributed by atoms with Crippen molar-refractivity contribution in [3.05, 3.63) is 50.6 Å². The molecule has 0 bridgehead atoms. The van der Waals surface area contributed by atoms with Crippen LogP contribution in [0.15, 0.2) is 45.2 Å². The lowest BCUT2D eigenvalue weighted by Gasteiger charge is -1.93. The molecule has 0 atom stereocenters. The number of nitrogens with zero attached hydrogens (tertiary/aromatic N) is 1. The maximum atomic E-state index is 4.42. The third kappa shape index (κ3) is 2.76. The molecule has 1 aromatic heterocycles. The Morgan fingerprint density at radius 3 is 2.53 bits per heavy atom. The molecule has 2 rings (SSSR count). The van der Waals surface area contributed by atoms with E-state index < -0.39 is 0 Å². The first-order valence-corrected chi connectivity index (χ1v) is 6.27. The van der Waals surface area contributed by atoms with Crippen molar-refractivity contribution in [2.75, 3.05) is 0 Å². The monoisotopic (exact) mass is 279 g/mol. The van der Waals surface area contributed by atoms with Crippen LogP contribution in [0.3, 0.4) is 0 Å². The summed E-state index contributed by atoms with van der Waals surface area (Å²) in [6.45, 7) is 2.10. The number of aliphatic imine (C=N–C) groups is 1. The smallest absolute Gasteiger partial charge is 0.0631 e. The number of halogens is 1. The number of rotatable bonds is 2. The van der Waals surface area contributed by atoms with Crippen LogP contribution in [-0.4, -0.2) is 6.21 Å². The zero-order chi connectivity index (χ0) is 10.7. The second-order valence-corrected chi connectivity index (χ2v) is 5.07. The molecule has 0 radical (unpaired) electrons. The summed E-state index contributed by atoms with van der Waals surface area (Å²) >= 11 is 5.11. The largest absolute Gasteiger partial charge is 0.255 e. The summed E-state index contributed by atoms with van der Waals surface area (Å²) in [5.74, 6) is 0. The Morgan fingerprint density at radius 1 is 1.20 bits per heavy atom. The van der Waals surface area contributed by atoms with Gasteiger partial charge >= 0.3 is 0 Å². The van der Waals surface area contributed by atoms with Gasteiger partial charge in [-0.25, -0.2) is 0 Å². The molecule has 15 heavy (non-hydrogen) atoms. The Kier molecular flexibility index (Phi) is 3.34. The molecule has 3 heteroatoms. The van der Waals surface area contributed by atoms with E-state index in [1.165, 1.54) is 10.4 Å². The first-order valence-electron chi connectivity index (χ1n) is 4.59. The van der Waals surface area contributed by atoms with Crippen molar-refractivity contribution < 1.29 is 0 Å². The van der Waals surface area contributed by atoms with E-state index in [2.05, 4.69) is 39.3 Å². The van der Waals surface area contributed by atoms with Crippen LogP contribution in [0.5, 0.6) is 0 Å². The molecule has 0 N–H and O–H groups in total. The van der Waals surface area contributed by atoms with E-state index in [1.807, 2.05) is 30.5 Å². The number of aryl methyl sites for hydroxylation is 1. The van der Waals surface area contributed by atoms with Gasteiger partial charge in [0, 0.05) is 15.6 Å². The van der Waals surface area contributed by atoms with E-state index >= 15 is 0 Å². The predicted molar refractivity (Wildman–Crippen MR) is 70.5 cm³/mol. The SMILES string of the molecule is Cc1ccsc1C=Nc1ccc(Br)cc1. The molecule has 0 unspecified atom stereocenters. The van der Waals surface area contributed by atoms with Crippen molar-refractivity contribution in [2.24, 2.45) is 4.99 Å². The molecule has 0 aliphatic carbocycles. The lowest BCUT2D eigenvalue weighted by Crippen LogP contribution is -1.76. The molecule has 0 aliphatic rings. The second kappa shape index (κ2) is 4.73. The number of hydrogen-bond acceptors (Lipinski definition) is 2. The summed E-state index contributed by atoms with van der Waals surface area (Å²) in [7, 11) is 0. The predicted octanol–water partition coefficient (Wildman–Crippen LogP) is 4.57. The summed E-state index contributed by atoms with van der Waals surface area (Å²) in [6.07, 6.45) is 1.92. The van der Waals surface area contributed by atoms with E-state index in [9.17, 15) is 0 Å². The molecule has 0 saturated heterocycles. The number of thiophene rings is 1. The van der Waals surface area contributed by atoms with Crippen molar-refractivity contribution >= 4 is 39.2 Å². The zero-order valence-electron chi connectivity index (χ0n) is 8.27. The van der Waals surface area contributed by atoms with Crippen LogP contribution < -0.4 is 0 Å². The fourth-order valence-corrected chi connectivity index (χ4v) is 2.23. The van der Waals surface area contributed by atoms with E-state index in [1.54, 1.807) is 11.3 Å². The molecule has 0 amide bonds. The molecule has 0 aliphatic heterocycles. The first kappa shape index (κ1) is 10.6. The normalized spacial score (nSPS) is 11.1. The molecule has 0 fully saturated rings. The highest BCUT2D eigenvalue weighted by molar-refractivity contribution is 9.10. The molecule has 0 spiro atoms. The average molecular weight is 280 g/mol. The third-order valence-corrected chi connectivity index (χ3v) is 3.54. The lowest BCUT2D eigenvalue weighted by atomic mass is 10.3. The highest BCUT2D eigenvalue weighted by Crippen LogP contribution is 2.18. The van der Waals surface area contributed by atoms with Gasteiger partial charge in [-0.15, -0.1) is 11.3 Å². The van der Waals surface area contributed by atoms with Crippen LogP contribution in [0.1, 0.15) is 10.4 Å². The van der Waals surface area contributed by atoms with Crippen LogP contribution in [-0.2, 0) is 0 Å². The summed E-state index contributed by atoms with van der Waals surface area (Å²) < 4.78 is 1.08. The van der Waals surface area contributed by atoms with Gasteiger partial charge in [-0.2, -0.15) is 0 Å². The summed E-state index contributed by atoms with van der Waals surface area (Å²) in [4.78, 5) is 5.64. The molecule has 0 saturated carbocycles. The minimum atomic E-state index is 0.978. The van der Waals surface area contributed by atoms with Gasteiger partial charge in [0.2, 0.25) is 0 Å². The molecular weight excluding hydrogens is 270 g/mol.